The number of hydrogen-bond acceptors (Lipinski definition) is 2. The molecule has 0 saturated carbocycles. The standard InChI is InChI=1S/C17H28ClNO/c1-14-13-15(9-10-16(14)18)20-12-8-6-5-7-11-19-17(2,3)4/h9-10,13,19H,5-8,11-12H2,1-4H3. The van der Waals surface area contributed by atoms with Crippen LogP contribution in [0.4, 0.5) is 0 Å². The van der Waals surface area contributed by atoms with Gasteiger partial charge < -0.3 is 10.1 Å². The Bertz CT molecular complexity index is 398. The lowest BCUT2D eigenvalue weighted by atomic mass is 10.1. The van der Waals surface area contributed by atoms with Crippen molar-refractivity contribution in [1.29, 1.82) is 0 Å². The highest BCUT2D eigenvalue weighted by Crippen LogP contribution is 2.21. The van der Waals surface area contributed by atoms with Gasteiger partial charge in [-0.3, -0.25) is 0 Å². The second-order valence-electron chi connectivity index (χ2n) is 6.35. The summed E-state index contributed by atoms with van der Waals surface area (Å²) in [5, 5.41) is 4.30. The molecule has 0 unspecified atom stereocenters. The van der Waals surface area contributed by atoms with Gasteiger partial charge in [-0.2, -0.15) is 0 Å². The highest BCUT2D eigenvalue weighted by Gasteiger charge is 2.06. The lowest BCUT2D eigenvalue weighted by molar-refractivity contribution is 0.303. The third-order valence-electron chi connectivity index (χ3n) is 3.12. The van der Waals surface area contributed by atoms with Crippen LogP contribution in [0.3, 0.4) is 0 Å². The van der Waals surface area contributed by atoms with Crippen molar-refractivity contribution in [2.45, 2.75) is 58.9 Å². The number of ether oxygens (including phenoxy) is 1. The second kappa shape index (κ2) is 8.53. The first kappa shape index (κ1) is 17.3. The minimum Gasteiger partial charge on any atom is -0.494 e. The van der Waals surface area contributed by atoms with E-state index in [9.17, 15) is 0 Å². The number of aryl methyl sites for hydroxylation is 1. The first-order valence-electron chi connectivity index (χ1n) is 7.52. The lowest BCUT2D eigenvalue weighted by Crippen LogP contribution is -2.36. The number of hydrogen-bond donors (Lipinski definition) is 1. The molecule has 0 spiro atoms. The Kier molecular flexibility index (Phi) is 7.39. The molecule has 0 atom stereocenters. The van der Waals surface area contributed by atoms with Gasteiger partial charge in [0.15, 0.2) is 0 Å². The van der Waals surface area contributed by atoms with E-state index in [1.54, 1.807) is 0 Å². The van der Waals surface area contributed by atoms with E-state index in [0.29, 0.717) is 0 Å². The Morgan fingerprint density at radius 1 is 1.10 bits per heavy atom. The van der Waals surface area contributed by atoms with Gasteiger partial charge in [0, 0.05) is 10.6 Å². The zero-order valence-corrected chi connectivity index (χ0v) is 14.0. The van der Waals surface area contributed by atoms with Crippen molar-refractivity contribution >= 4 is 11.6 Å². The van der Waals surface area contributed by atoms with E-state index in [-0.39, 0.29) is 5.54 Å². The lowest BCUT2D eigenvalue weighted by Gasteiger charge is -2.20. The van der Waals surface area contributed by atoms with Crippen molar-refractivity contribution in [2.75, 3.05) is 13.2 Å². The van der Waals surface area contributed by atoms with Gasteiger partial charge in [0.2, 0.25) is 0 Å². The Morgan fingerprint density at radius 2 is 1.80 bits per heavy atom. The summed E-state index contributed by atoms with van der Waals surface area (Å²) in [4.78, 5) is 0. The molecule has 2 nitrogen and oxygen atoms in total. The van der Waals surface area contributed by atoms with Gasteiger partial charge in [-0.15, -0.1) is 0 Å². The molecule has 114 valence electrons. The zero-order chi connectivity index (χ0) is 15.0. The fourth-order valence-electron chi connectivity index (χ4n) is 1.94. The van der Waals surface area contributed by atoms with E-state index >= 15 is 0 Å². The van der Waals surface area contributed by atoms with Crippen LogP contribution in [0.25, 0.3) is 0 Å². The van der Waals surface area contributed by atoms with Crippen LogP contribution in [-0.2, 0) is 0 Å². The Morgan fingerprint density at radius 3 is 2.45 bits per heavy atom. The molecule has 1 aromatic rings. The van der Waals surface area contributed by atoms with Crippen molar-refractivity contribution in [3.05, 3.63) is 28.8 Å². The van der Waals surface area contributed by atoms with E-state index < -0.39 is 0 Å². The Hall–Kier alpha value is -0.730. The van der Waals surface area contributed by atoms with Crippen LogP contribution in [0.15, 0.2) is 18.2 Å². The second-order valence-corrected chi connectivity index (χ2v) is 6.76. The van der Waals surface area contributed by atoms with Crippen LogP contribution in [0, 0.1) is 6.92 Å². The molecule has 0 fully saturated rings. The number of unbranched alkanes of at least 4 members (excludes halogenated alkanes) is 3. The molecule has 0 amide bonds. The van der Waals surface area contributed by atoms with Gasteiger partial charge >= 0.3 is 0 Å². The van der Waals surface area contributed by atoms with Crippen molar-refractivity contribution in [3.8, 4) is 5.75 Å². The fourth-order valence-corrected chi connectivity index (χ4v) is 2.06. The van der Waals surface area contributed by atoms with E-state index in [2.05, 4.69) is 26.1 Å². The Labute approximate surface area is 128 Å². The predicted molar refractivity (Wildman–Crippen MR) is 87.9 cm³/mol. The first-order chi connectivity index (χ1) is 9.38. The SMILES string of the molecule is Cc1cc(OCCCCCCNC(C)(C)C)ccc1Cl. The highest BCUT2D eigenvalue weighted by atomic mass is 35.5. The average molecular weight is 298 g/mol. The summed E-state index contributed by atoms with van der Waals surface area (Å²) >= 11 is 5.98. The minimum atomic E-state index is 0.232. The largest absolute Gasteiger partial charge is 0.494 e. The summed E-state index contributed by atoms with van der Waals surface area (Å²) in [6, 6.07) is 5.82. The van der Waals surface area contributed by atoms with Crippen LogP contribution in [0.2, 0.25) is 5.02 Å². The number of halogens is 1. The maximum atomic E-state index is 5.98. The van der Waals surface area contributed by atoms with Gasteiger partial charge in [-0.1, -0.05) is 24.4 Å². The van der Waals surface area contributed by atoms with E-state index in [1.807, 2.05) is 25.1 Å². The van der Waals surface area contributed by atoms with Crippen LogP contribution < -0.4 is 10.1 Å². The molecule has 0 saturated heterocycles. The molecule has 1 rings (SSSR count). The molecular weight excluding hydrogens is 270 g/mol. The topological polar surface area (TPSA) is 21.3 Å². The van der Waals surface area contributed by atoms with E-state index in [4.69, 9.17) is 16.3 Å². The summed E-state index contributed by atoms with van der Waals surface area (Å²) in [7, 11) is 0. The molecule has 20 heavy (non-hydrogen) atoms. The summed E-state index contributed by atoms with van der Waals surface area (Å²) in [5.74, 6) is 0.918. The number of rotatable bonds is 8. The maximum absolute atomic E-state index is 5.98. The highest BCUT2D eigenvalue weighted by molar-refractivity contribution is 6.31. The molecule has 0 aromatic heterocycles. The fraction of sp³-hybridized carbons (Fsp3) is 0.647. The van der Waals surface area contributed by atoms with E-state index in [0.717, 1.165) is 35.9 Å². The quantitative estimate of drug-likeness (QED) is 0.684. The third-order valence-corrected chi connectivity index (χ3v) is 3.55. The van der Waals surface area contributed by atoms with Crippen LogP contribution in [0.5, 0.6) is 5.75 Å². The molecule has 1 N–H and O–H groups in total. The summed E-state index contributed by atoms with van der Waals surface area (Å²) in [6.45, 7) is 10.5. The molecule has 0 radical (unpaired) electrons. The normalized spacial score (nSPS) is 11.7. The third kappa shape index (κ3) is 7.76. The van der Waals surface area contributed by atoms with Crippen LogP contribution >= 0.6 is 11.6 Å². The average Bonchev–Trinajstić information content (AvgIpc) is 2.35. The molecule has 0 heterocycles. The van der Waals surface area contributed by atoms with Crippen molar-refractivity contribution < 1.29 is 4.74 Å². The first-order valence-corrected chi connectivity index (χ1v) is 7.90. The van der Waals surface area contributed by atoms with Gasteiger partial charge in [0.1, 0.15) is 5.75 Å². The van der Waals surface area contributed by atoms with Crippen molar-refractivity contribution in [2.24, 2.45) is 0 Å². The van der Waals surface area contributed by atoms with Crippen LogP contribution in [-0.4, -0.2) is 18.7 Å². The van der Waals surface area contributed by atoms with Gasteiger partial charge in [0.05, 0.1) is 6.61 Å². The molecule has 1 aromatic carbocycles. The summed E-state index contributed by atoms with van der Waals surface area (Å²) < 4.78 is 5.73. The summed E-state index contributed by atoms with van der Waals surface area (Å²) in [6.07, 6.45) is 4.82. The smallest absolute Gasteiger partial charge is 0.119 e. The van der Waals surface area contributed by atoms with E-state index in [1.165, 1.54) is 19.3 Å². The minimum absolute atomic E-state index is 0.232. The van der Waals surface area contributed by atoms with Gasteiger partial charge in [0.25, 0.3) is 0 Å². The van der Waals surface area contributed by atoms with Gasteiger partial charge in [-0.05, 0) is 70.8 Å². The van der Waals surface area contributed by atoms with Crippen molar-refractivity contribution in [1.82, 2.24) is 5.32 Å². The molecular formula is C17H28ClNO. The van der Waals surface area contributed by atoms with Crippen molar-refractivity contribution in [3.63, 3.8) is 0 Å². The molecule has 0 aliphatic heterocycles. The predicted octanol–water partition coefficient (Wildman–Crippen LogP) is 4.98. The maximum Gasteiger partial charge on any atom is 0.119 e. The van der Waals surface area contributed by atoms with Gasteiger partial charge in [-0.25, -0.2) is 0 Å². The number of benzene rings is 1. The zero-order valence-electron chi connectivity index (χ0n) is 13.3. The molecule has 0 bridgehead atoms. The Balaban J connectivity index is 2.03. The number of nitrogens with one attached hydrogen (secondary N) is 1. The molecule has 0 aliphatic rings. The molecule has 3 heteroatoms. The van der Waals surface area contributed by atoms with Crippen LogP contribution in [0.1, 0.15) is 52.0 Å². The summed E-state index contributed by atoms with van der Waals surface area (Å²) in [5.41, 5.74) is 1.30. The monoisotopic (exact) mass is 297 g/mol. The molecule has 0 aliphatic carbocycles.